The Morgan fingerprint density at radius 2 is 2.16 bits per heavy atom. The van der Waals surface area contributed by atoms with E-state index < -0.39 is 17.0 Å². The molecule has 1 aliphatic heterocycles. The molecule has 0 aliphatic carbocycles. The second-order valence-corrected chi connectivity index (χ2v) is 9.53. The molecule has 2 atom stereocenters. The summed E-state index contributed by atoms with van der Waals surface area (Å²) in [5.41, 5.74) is 3.93. The summed E-state index contributed by atoms with van der Waals surface area (Å²) in [6, 6.07) is 10.4. The number of nitrogens with zero attached hydrogens (tertiary/aromatic N) is 2. The number of carbonyl (C=O) groups is 1. The Hall–Kier alpha value is -2.42. The number of hydrogen-bond acceptors (Lipinski definition) is 4. The number of benzene rings is 2. The van der Waals surface area contributed by atoms with Gasteiger partial charge in [-0.3, -0.25) is 9.10 Å². The molecular formula is C22H25ClN4O3S. The quantitative estimate of drug-likeness (QED) is 0.584. The van der Waals surface area contributed by atoms with Crippen molar-refractivity contribution in [1.29, 1.82) is 0 Å². The lowest BCUT2D eigenvalue weighted by Gasteiger charge is -2.28. The third-order valence-electron chi connectivity index (χ3n) is 5.33. The number of ether oxygens (including phenoxy) is 1. The highest BCUT2D eigenvalue weighted by Gasteiger charge is 2.22. The summed E-state index contributed by atoms with van der Waals surface area (Å²) >= 11 is 6.06. The molecular weight excluding hydrogens is 436 g/mol. The number of imidazole rings is 1. The van der Waals surface area contributed by atoms with E-state index in [0.29, 0.717) is 22.2 Å². The molecule has 7 nitrogen and oxygen atoms in total. The van der Waals surface area contributed by atoms with Crippen LogP contribution in [0.1, 0.15) is 40.6 Å². The molecule has 1 saturated heterocycles. The fourth-order valence-electron chi connectivity index (χ4n) is 3.76. The van der Waals surface area contributed by atoms with Crippen LogP contribution in [0.2, 0.25) is 5.02 Å². The van der Waals surface area contributed by atoms with Gasteiger partial charge in [-0.15, -0.1) is 0 Å². The van der Waals surface area contributed by atoms with Gasteiger partial charge in [-0.25, -0.2) is 9.19 Å². The van der Waals surface area contributed by atoms with E-state index in [4.69, 9.17) is 16.3 Å². The number of aromatic amines is 1. The number of methoxy groups -OCH3 is 1. The Morgan fingerprint density at radius 3 is 2.90 bits per heavy atom. The van der Waals surface area contributed by atoms with Crippen molar-refractivity contribution in [3.63, 3.8) is 0 Å². The molecule has 1 aromatic heterocycles. The van der Waals surface area contributed by atoms with E-state index in [1.54, 1.807) is 25.3 Å². The van der Waals surface area contributed by atoms with Gasteiger partial charge in [0.15, 0.2) is 0 Å². The van der Waals surface area contributed by atoms with Crippen LogP contribution in [0, 0.1) is 6.92 Å². The first-order valence-electron chi connectivity index (χ1n) is 10.2. The number of hydrogen-bond donors (Lipinski definition) is 2. The number of rotatable bonds is 6. The highest BCUT2D eigenvalue weighted by atomic mass is 35.5. The van der Waals surface area contributed by atoms with Crippen LogP contribution in [-0.2, 0) is 15.7 Å². The van der Waals surface area contributed by atoms with Gasteiger partial charge in [-0.2, -0.15) is 0 Å². The molecule has 1 unspecified atom stereocenters. The lowest BCUT2D eigenvalue weighted by molar-refractivity contribution is 0.0892. The average molecular weight is 461 g/mol. The Kier molecular flexibility index (Phi) is 6.60. The maximum absolute atomic E-state index is 13.0. The van der Waals surface area contributed by atoms with Crippen LogP contribution in [0.4, 0.5) is 5.69 Å². The molecule has 31 heavy (non-hydrogen) atoms. The smallest absolute Gasteiger partial charge is 0.251 e. The number of halogens is 1. The topological polar surface area (TPSA) is 87.3 Å². The summed E-state index contributed by atoms with van der Waals surface area (Å²) in [5, 5.41) is 3.61. The normalized spacial score (nSPS) is 17.6. The van der Waals surface area contributed by atoms with Gasteiger partial charge in [-0.1, -0.05) is 11.6 Å². The Morgan fingerprint density at radius 1 is 1.32 bits per heavy atom. The molecule has 2 N–H and O–H groups in total. The fraction of sp³-hybridized carbons (Fsp3) is 0.364. The molecule has 9 heteroatoms. The summed E-state index contributed by atoms with van der Waals surface area (Å²) in [6.45, 7) is 2.97. The third-order valence-corrected chi connectivity index (χ3v) is 7.08. The Balaban J connectivity index is 1.54. The molecule has 2 aromatic carbocycles. The summed E-state index contributed by atoms with van der Waals surface area (Å²) in [7, 11) is 0.571. The van der Waals surface area contributed by atoms with Crippen LogP contribution in [0.15, 0.2) is 36.4 Å². The van der Waals surface area contributed by atoms with Crippen LogP contribution in [-0.4, -0.2) is 46.1 Å². The zero-order valence-electron chi connectivity index (χ0n) is 17.5. The van der Waals surface area contributed by atoms with Gasteiger partial charge < -0.3 is 15.0 Å². The van der Waals surface area contributed by atoms with E-state index in [1.807, 2.05) is 29.4 Å². The average Bonchev–Trinajstić information content (AvgIpc) is 3.17. The highest BCUT2D eigenvalue weighted by Crippen LogP contribution is 2.26. The van der Waals surface area contributed by atoms with Crippen molar-refractivity contribution >= 4 is 45.2 Å². The van der Waals surface area contributed by atoms with E-state index in [0.717, 1.165) is 41.7 Å². The lowest BCUT2D eigenvalue weighted by atomic mass is 10.1. The number of fused-ring (bicyclic) bond motifs is 1. The van der Waals surface area contributed by atoms with Crippen molar-refractivity contribution in [2.75, 3.05) is 30.3 Å². The number of nitrogens with one attached hydrogen (secondary N) is 2. The first kappa shape index (κ1) is 21.8. The van der Waals surface area contributed by atoms with Gasteiger partial charge in [-0.05, 0) is 61.7 Å². The summed E-state index contributed by atoms with van der Waals surface area (Å²) < 4.78 is 19.6. The third kappa shape index (κ3) is 4.76. The minimum atomic E-state index is -1.01. The number of aromatic nitrogens is 2. The minimum Gasteiger partial charge on any atom is -0.382 e. The predicted molar refractivity (Wildman–Crippen MR) is 124 cm³/mol. The second kappa shape index (κ2) is 9.38. The Labute approximate surface area is 188 Å². The summed E-state index contributed by atoms with van der Waals surface area (Å²) in [5.74, 6) is 1.06. The van der Waals surface area contributed by atoms with Gasteiger partial charge in [0, 0.05) is 30.0 Å². The standard InChI is InChI=1S/C22H25ClN4O3S/c1-14-11-15(5-8-20(14)27-9-3-4-10-31(27)29)22(28)26-19(13-30-2)21-24-17-7-6-16(23)12-18(17)25-21/h5-8,11-12,19H,3-4,9-10,13H2,1-2H3,(H,24,25)(H,26,28)/t19-,31?/m0/s1. The summed E-state index contributed by atoms with van der Waals surface area (Å²) in [6.07, 6.45) is 2.01. The van der Waals surface area contributed by atoms with Gasteiger partial charge in [0.1, 0.15) is 22.9 Å². The van der Waals surface area contributed by atoms with E-state index in [9.17, 15) is 9.00 Å². The van der Waals surface area contributed by atoms with Crippen LogP contribution in [0.3, 0.4) is 0 Å². The van der Waals surface area contributed by atoms with E-state index in [1.165, 1.54) is 0 Å². The maximum atomic E-state index is 13.0. The molecule has 0 bridgehead atoms. The molecule has 3 aromatic rings. The number of aryl methyl sites for hydroxylation is 1. The molecule has 164 valence electrons. The fourth-order valence-corrected chi connectivity index (χ4v) is 5.36. The van der Waals surface area contributed by atoms with Gasteiger partial charge >= 0.3 is 0 Å². The first-order valence-corrected chi connectivity index (χ1v) is 11.8. The predicted octanol–water partition coefficient (Wildman–Crippen LogP) is 3.91. The molecule has 2 heterocycles. The molecule has 1 amide bonds. The van der Waals surface area contributed by atoms with Crippen molar-refractivity contribution in [2.24, 2.45) is 0 Å². The number of amides is 1. The molecule has 0 saturated carbocycles. The van der Waals surface area contributed by atoms with Crippen LogP contribution >= 0.6 is 11.6 Å². The lowest BCUT2D eigenvalue weighted by Crippen LogP contribution is -2.34. The number of H-pyrrole nitrogens is 1. The van der Waals surface area contributed by atoms with Crippen LogP contribution in [0.5, 0.6) is 0 Å². The highest BCUT2D eigenvalue weighted by molar-refractivity contribution is 7.86. The van der Waals surface area contributed by atoms with E-state index >= 15 is 0 Å². The second-order valence-electron chi connectivity index (χ2n) is 7.60. The van der Waals surface area contributed by atoms with Gasteiger partial charge in [0.05, 0.1) is 23.3 Å². The monoisotopic (exact) mass is 460 g/mol. The molecule has 0 spiro atoms. The zero-order valence-corrected chi connectivity index (χ0v) is 19.1. The Bertz CT molecular complexity index is 1130. The van der Waals surface area contributed by atoms with Crippen molar-refractivity contribution < 1.29 is 13.7 Å². The zero-order chi connectivity index (χ0) is 22.0. The van der Waals surface area contributed by atoms with Crippen LogP contribution in [0.25, 0.3) is 11.0 Å². The van der Waals surface area contributed by atoms with Crippen molar-refractivity contribution in [2.45, 2.75) is 25.8 Å². The number of carbonyl (C=O) groups excluding carboxylic acids is 1. The maximum Gasteiger partial charge on any atom is 0.251 e. The molecule has 1 aliphatic rings. The molecule has 0 radical (unpaired) electrons. The number of anilines is 1. The van der Waals surface area contributed by atoms with Gasteiger partial charge in [0.2, 0.25) is 0 Å². The molecule has 1 fully saturated rings. The summed E-state index contributed by atoms with van der Waals surface area (Å²) in [4.78, 5) is 20.8. The van der Waals surface area contributed by atoms with Gasteiger partial charge in [0.25, 0.3) is 5.91 Å². The minimum absolute atomic E-state index is 0.227. The SMILES string of the molecule is COC[C@H](NC(=O)c1ccc(N2CCCCS2=O)c(C)c1)c1nc2ccc(Cl)cc2[nH]1. The van der Waals surface area contributed by atoms with Crippen molar-refractivity contribution in [1.82, 2.24) is 15.3 Å². The largest absolute Gasteiger partial charge is 0.382 e. The molecule has 4 rings (SSSR count). The van der Waals surface area contributed by atoms with Crippen molar-refractivity contribution in [3.05, 3.63) is 58.4 Å². The van der Waals surface area contributed by atoms with Crippen LogP contribution < -0.4 is 9.62 Å². The van der Waals surface area contributed by atoms with Crippen molar-refractivity contribution in [3.8, 4) is 0 Å². The first-order chi connectivity index (χ1) is 15.0. The van der Waals surface area contributed by atoms with E-state index in [-0.39, 0.29) is 12.5 Å². The van der Waals surface area contributed by atoms with E-state index in [2.05, 4.69) is 15.3 Å².